The van der Waals surface area contributed by atoms with E-state index in [0.717, 1.165) is 10.8 Å². The Labute approximate surface area is 187 Å². The lowest BCUT2D eigenvalue weighted by Crippen LogP contribution is -2.14. The molecule has 0 spiro atoms. The predicted molar refractivity (Wildman–Crippen MR) is 124 cm³/mol. The first-order valence-corrected chi connectivity index (χ1v) is 12.9. The summed E-state index contributed by atoms with van der Waals surface area (Å²) in [7, 11) is -9.07. The van der Waals surface area contributed by atoms with E-state index in [4.69, 9.17) is 0 Å². The fourth-order valence-electron chi connectivity index (χ4n) is 4.44. The molecule has 0 heterocycles. The van der Waals surface area contributed by atoms with Crippen molar-refractivity contribution in [1.82, 2.24) is 0 Å². The van der Waals surface area contributed by atoms with Crippen molar-refractivity contribution in [2.75, 3.05) is 0 Å². The van der Waals surface area contributed by atoms with Gasteiger partial charge in [0.05, 0.1) is 9.79 Å². The zero-order valence-corrected chi connectivity index (χ0v) is 19.1. The maximum absolute atomic E-state index is 12.2. The summed E-state index contributed by atoms with van der Waals surface area (Å²) in [4.78, 5) is -0.437. The maximum Gasteiger partial charge on any atom is 0.294 e. The molecule has 0 aromatic heterocycles. The zero-order chi connectivity index (χ0) is 23.3. The Morgan fingerprint density at radius 1 is 0.562 bits per heavy atom. The second kappa shape index (κ2) is 7.97. The van der Waals surface area contributed by atoms with Gasteiger partial charge in [-0.25, -0.2) is 0 Å². The summed E-state index contributed by atoms with van der Waals surface area (Å²) < 4.78 is 68.7. The Morgan fingerprint density at radius 2 is 0.906 bits per heavy atom. The lowest BCUT2D eigenvalue weighted by Gasteiger charge is -2.26. The molecule has 0 aliphatic heterocycles. The summed E-state index contributed by atoms with van der Waals surface area (Å²) in [5.74, 6) is -1.05. The Bertz CT molecular complexity index is 1440. The minimum Gasteiger partial charge on any atom is -0.282 e. The van der Waals surface area contributed by atoms with Crippen LogP contribution in [0.5, 0.6) is 0 Å². The minimum atomic E-state index is -4.53. The lowest BCUT2D eigenvalue weighted by molar-refractivity contribution is 0.475. The van der Waals surface area contributed by atoms with Gasteiger partial charge in [-0.2, -0.15) is 16.8 Å². The largest absolute Gasteiger partial charge is 0.294 e. The van der Waals surface area contributed by atoms with Crippen molar-refractivity contribution in [1.29, 1.82) is 0 Å². The zero-order valence-electron chi connectivity index (χ0n) is 17.4. The molecule has 2 N–H and O–H groups in total. The van der Waals surface area contributed by atoms with Gasteiger partial charge in [0.15, 0.2) is 0 Å². The molecule has 0 radical (unpaired) electrons. The van der Waals surface area contributed by atoms with Gasteiger partial charge in [0.2, 0.25) is 0 Å². The van der Waals surface area contributed by atoms with Crippen LogP contribution in [0.3, 0.4) is 0 Å². The molecule has 0 saturated heterocycles. The Kier molecular flexibility index (Phi) is 5.58. The molecular weight excluding hydrogens is 448 g/mol. The van der Waals surface area contributed by atoms with Crippen LogP contribution in [0.15, 0.2) is 82.6 Å². The van der Waals surface area contributed by atoms with Crippen LogP contribution >= 0.6 is 0 Å². The summed E-state index contributed by atoms with van der Waals surface area (Å²) in [6, 6.07) is 20.4. The van der Waals surface area contributed by atoms with Crippen molar-refractivity contribution in [3.63, 3.8) is 0 Å². The standard InChI is InChI=1S/C24H22O6S2/c1-15(23-19-9-5-3-7-17(19)11-13-21(23)31(25,26)27)16(2)24-20-10-6-4-8-18(20)12-14-22(24)32(28,29)30/h3-16H,1-2H3,(H,25,26,27)(H,28,29,30). The van der Waals surface area contributed by atoms with Gasteiger partial charge in [-0.05, 0) is 56.6 Å². The van der Waals surface area contributed by atoms with Crippen LogP contribution in [0, 0.1) is 0 Å². The van der Waals surface area contributed by atoms with Gasteiger partial charge in [0.1, 0.15) is 0 Å². The average molecular weight is 471 g/mol. The smallest absolute Gasteiger partial charge is 0.282 e. The van der Waals surface area contributed by atoms with Crippen LogP contribution in [0.4, 0.5) is 0 Å². The molecule has 4 aromatic carbocycles. The van der Waals surface area contributed by atoms with E-state index in [1.165, 1.54) is 12.1 Å². The highest BCUT2D eigenvalue weighted by molar-refractivity contribution is 7.86. The van der Waals surface area contributed by atoms with Gasteiger partial charge in [0, 0.05) is 0 Å². The molecule has 32 heavy (non-hydrogen) atoms. The molecule has 166 valence electrons. The van der Waals surface area contributed by atoms with Gasteiger partial charge < -0.3 is 0 Å². The third-order valence-electron chi connectivity index (χ3n) is 6.08. The maximum atomic E-state index is 12.2. The normalized spacial score (nSPS) is 14.5. The fourth-order valence-corrected chi connectivity index (χ4v) is 6.07. The molecule has 2 atom stereocenters. The van der Waals surface area contributed by atoms with Crippen LogP contribution in [-0.4, -0.2) is 25.9 Å². The molecule has 0 aliphatic rings. The third-order valence-corrected chi connectivity index (χ3v) is 7.90. The molecule has 4 rings (SSSR count). The first-order valence-electron chi connectivity index (χ1n) is 9.98. The highest BCUT2D eigenvalue weighted by Crippen LogP contribution is 2.43. The van der Waals surface area contributed by atoms with Crippen molar-refractivity contribution in [3.8, 4) is 0 Å². The molecule has 0 bridgehead atoms. The van der Waals surface area contributed by atoms with Crippen LogP contribution < -0.4 is 0 Å². The number of rotatable bonds is 5. The van der Waals surface area contributed by atoms with Crippen molar-refractivity contribution < 1.29 is 25.9 Å². The minimum absolute atomic E-state index is 0.218. The van der Waals surface area contributed by atoms with Crippen LogP contribution in [0.1, 0.15) is 36.8 Å². The van der Waals surface area contributed by atoms with E-state index in [-0.39, 0.29) is 9.79 Å². The quantitative estimate of drug-likeness (QED) is 0.378. The van der Waals surface area contributed by atoms with Crippen molar-refractivity contribution in [3.05, 3.63) is 83.9 Å². The summed E-state index contributed by atoms with van der Waals surface area (Å²) in [6.07, 6.45) is 0. The molecule has 0 aliphatic carbocycles. The molecule has 4 aromatic rings. The van der Waals surface area contributed by atoms with Gasteiger partial charge in [-0.3, -0.25) is 9.11 Å². The van der Waals surface area contributed by atoms with E-state index >= 15 is 0 Å². The van der Waals surface area contributed by atoms with Crippen molar-refractivity contribution in [2.45, 2.75) is 35.5 Å². The number of benzene rings is 4. The molecule has 0 fully saturated rings. The first kappa shape index (κ1) is 22.4. The highest BCUT2D eigenvalue weighted by Gasteiger charge is 2.30. The predicted octanol–water partition coefficient (Wildman–Crippen LogP) is 5.39. The Balaban J connectivity index is 2.04. The van der Waals surface area contributed by atoms with Gasteiger partial charge >= 0.3 is 0 Å². The Morgan fingerprint density at radius 3 is 1.25 bits per heavy atom. The third kappa shape index (κ3) is 3.91. The van der Waals surface area contributed by atoms with E-state index in [1.54, 1.807) is 50.2 Å². The monoisotopic (exact) mass is 470 g/mol. The summed E-state index contributed by atoms with van der Waals surface area (Å²) in [5, 5.41) is 2.88. The van der Waals surface area contributed by atoms with E-state index < -0.39 is 32.1 Å². The molecule has 2 unspecified atom stereocenters. The van der Waals surface area contributed by atoms with Crippen LogP contribution in [-0.2, 0) is 20.2 Å². The SMILES string of the molecule is CC(c1c(S(=O)(=O)O)ccc2ccccc12)C(C)c1c(S(=O)(=O)O)ccc2ccccc12. The number of fused-ring (bicyclic) bond motifs is 2. The van der Waals surface area contributed by atoms with Gasteiger partial charge in [0.25, 0.3) is 20.2 Å². The molecule has 0 amide bonds. The van der Waals surface area contributed by atoms with E-state index in [9.17, 15) is 25.9 Å². The highest BCUT2D eigenvalue weighted by atomic mass is 32.2. The van der Waals surface area contributed by atoms with E-state index in [1.807, 2.05) is 24.3 Å². The fraction of sp³-hybridized carbons (Fsp3) is 0.167. The molecule has 6 nitrogen and oxygen atoms in total. The lowest BCUT2D eigenvalue weighted by atomic mass is 9.80. The molecule has 8 heteroatoms. The first-order chi connectivity index (χ1) is 15.0. The second-order valence-corrected chi connectivity index (χ2v) is 10.7. The molecular formula is C24H22O6S2. The van der Waals surface area contributed by atoms with E-state index in [0.29, 0.717) is 21.9 Å². The molecule has 0 saturated carbocycles. The van der Waals surface area contributed by atoms with Gasteiger partial charge in [-0.15, -0.1) is 0 Å². The summed E-state index contributed by atoms with van der Waals surface area (Å²) >= 11 is 0. The van der Waals surface area contributed by atoms with Crippen molar-refractivity contribution >= 4 is 41.8 Å². The number of hydrogen-bond donors (Lipinski definition) is 2. The topological polar surface area (TPSA) is 109 Å². The van der Waals surface area contributed by atoms with Crippen LogP contribution in [0.2, 0.25) is 0 Å². The van der Waals surface area contributed by atoms with Crippen LogP contribution in [0.25, 0.3) is 21.5 Å². The second-order valence-electron chi connectivity index (χ2n) is 7.92. The summed E-state index contributed by atoms with van der Waals surface area (Å²) in [5.41, 5.74) is 0.791. The van der Waals surface area contributed by atoms with E-state index in [2.05, 4.69) is 0 Å². The van der Waals surface area contributed by atoms with Crippen molar-refractivity contribution in [2.24, 2.45) is 0 Å². The Hall–Kier alpha value is -2.78. The summed E-state index contributed by atoms with van der Waals surface area (Å²) in [6.45, 7) is 3.58. The number of hydrogen-bond acceptors (Lipinski definition) is 4. The van der Waals surface area contributed by atoms with Gasteiger partial charge in [-0.1, -0.05) is 74.5 Å². The average Bonchev–Trinajstić information content (AvgIpc) is 2.75.